The van der Waals surface area contributed by atoms with Crippen LogP contribution in [0.3, 0.4) is 0 Å². The van der Waals surface area contributed by atoms with Crippen molar-refractivity contribution >= 4 is 10.0 Å². The van der Waals surface area contributed by atoms with Crippen LogP contribution in [0.25, 0.3) is 20.9 Å². The van der Waals surface area contributed by atoms with Gasteiger partial charge in [0, 0.05) is 35.5 Å². The molecule has 1 aliphatic carbocycles. The number of fused-ring (bicyclic) bond motifs is 2. The maximum absolute atomic E-state index is 12.9. The van der Waals surface area contributed by atoms with Crippen molar-refractivity contribution in [2.24, 2.45) is 21.6 Å². The van der Waals surface area contributed by atoms with Gasteiger partial charge in [0.25, 0.3) is 0 Å². The molecule has 3 rings (SSSR count). The lowest BCUT2D eigenvalue weighted by Gasteiger charge is -2.39. The number of piperidine rings is 1. The van der Waals surface area contributed by atoms with Gasteiger partial charge in [-0.2, -0.15) is 4.31 Å². The number of sulfonamides is 1. The van der Waals surface area contributed by atoms with E-state index in [1.807, 2.05) is 6.92 Å². The number of rotatable bonds is 6. The van der Waals surface area contributed by atoms with E-state index in [4.69, 9.17) is 11.1 Å². The summed E-state index contributed by atoms with van der Waals surface area (Å²) in [5.74, 6) is 0.0220. The van der Waals surface area contributed by atoms with Crippen molar-refractivity contribution in [3.63, 3.8) is 0 Å². The summed E-state index contributed by atoms with van der Waals surface area (Å²) in [5, 5.41) is 7.36. The topological polar surface area (TPSA) is 135 Å². The molecule has 1 aromatic rings. The molecule has 2 bridgehead atoms. The third kappa shape index (κ3) is 3.05. The highest BCUT2D eigenvalue weighted by atomic mass is 32.2. The maximum Gasteiger partial charge on any atom is 0.243 e. The Hall–Kier alpha value is -2.25. The van der Waals surface area contributed by atoms with Gasteiger partial charge < -0.3 is 0 Å². The van der Waals surface area contributed by atoms with Crippen LogP contribution in [-0.2, 0) is 10.0 Å². The van der Waals surface area contributed by atoms with E-state index in [1.165, 1.54) is 0 Å². The maximum atomic E-state index is 12.9. The molecular weight excluding hydrogens is 342 g/mol. The summed E-state index contributed by atoms with van der Waals surface area (Å²) < 4.78 is 27.4. The van der Waals surface area contributed by atoms with Gasteiger partial charge >= 0.3 is 0 Å². The zero-order chi connectivity index (χ0) is 18.1. The standard InChI is InChI=1S/C15H19N7O2S/c1-11-2-4-14(5-3-11)25(23,24)22-8-12-6-13(22)7-15(12,9-18-20-16)10-19-21-17/h2-5,12-13H,6-10H2,1H3/t12-,13-/m1/s1. The summed E-state index contributed by atoms with van der Waals surface area (Å²) in [6.45, 7) is 2.72. The van der Waals surface area contributed by atoms with Gasteiger partial charge in [-0.1, -0.05) is 27.9 Å². The summed E-state index contributed by atoms with van der Waals surface area (Å²) in [6.07, 6.45) is 1.24. The summed E-state index contributed by atoms with van der Waals surface area (Å²) in [6, 6.07) is 6.68. The Labute approximate surface area is 145 Å². The Morgan fingerprint density at radius 1 is 1.20 bits per heavy atom. The second-order valence-corrected chi connectivity index (χ2v) is 8.71. The van der Waals surface area contributed by atoms with Gasteiger partial charge in [0.15, 0.2) is 0 Å². The quantitative estimate of drug-likeness (QED) is 0.436. The van der Waals surface area contributed by atoms with Crippen LogP contribution in [0.4, 0.5) is 0 Å². The first-order valence-electron chi connectivity index (χ1n) is 8.03. The molecule has 0 amide bonds. The molecule has 1 heterocycles. The van der Waals surface area contributed by atoms with E-state index in [0.717, 1.165) is 5.56 Å². The molecule has 0 unspecified atom stereocenters. The van der Waals surface area contributed by atoms with Gasteiger partial charge in [-0.25, -0.2) is 8.42 Å². The fourth-order valence-electron chi connectivity index (χ4n) is 4.07. The van der Waals surface area contributed by atoms with Crippen molar-refractivity contribution in [1.82, 2.24) is 4.31 Å². The van der Waals surface area contributed by atoms with E-state index in [-0.39, 0.29) is 25.0 Å². The van der Waals surface area contributed by atoms with Crippen molar-refractivity contribution in [1.29, 1.82) is 0 Å². The minimum absolute atomic E-state index is 0.0220. The molecule has 0 aromatic heterocycles. The average Bonchev–Trinajstić information content (AvgIpc) is 3.17. The van der Waals surface area contributed by atoms with Gasteiger partial charge in [-0.05, 0) is 54.3 Å². The molecule has 1 aromatic carbocycles. The first-order valence-corrected chi connectivity index (χ1v) is 9.47. The van der Waals surface area contributed by atoms with Crippen molar-refractivity contribution < 1.29 is 8.42 Å². The second kappa shape index (κ2) is 6.57. The van der Waals surface area contributed by atoms with Crippen LogP contribution < -0.4 is 0 Å². The molecule has 1 saturated heterocycles. The predicted molar refractivity (Wildman–Crippen MR) is 92.0 cm³/mol. The zero-order valence-corrected chi connectivity index (χ0v) is 14.7. The van der Waals surface area contributed by atoms with Gasteiger partial charge in [0.1, 0.15) is 0 Å². The van der Waals surface area contributed by atoms with E-state index in [9.17, 15) is 8.42 Å². The van der Waals surface area contributed by atoms with E-state index in [1.54, 1.807) is 28.6 Å². The Bertz CT molecular complexity index is 834. The first-order chi connectivity index (χ1) is 11.9. The highest BCUT2D eigenvalue weighted by Crippen LogP contribution is 2.52. The fourth-order valence-corrected chi connectivity index (χ4v) is 5.75. The van der Waals surface area contributed by atoms with Gasteiger partial charge in [-0.3, -0.25) is 0 Å². The number of hydrogen-bond acceptors (Lipinski definition) is 4. The largest absolute Gasteiger partial charge is 0.243 e. The van der Waals surface area contributed by atoms with Crippen LogP contribution in [0, 0.1) is 18.3 Å². The summed E-state index contributed by atoms with van der Waals surface area (Å²) in [4.78, 5) is 5.93. The SMILES string of the molecule is Cc1ccc(S(=O)(=O)N2C[C@H]3C[C@@H]2CC3(CN=[N+]=[N-])CN=[N+]=[N-])cc1. The minimum atomic E-state index is -3.55. The first kappa shape index (κ1) is 17.6. The highest BCUT2D eigenvalue weighted by Gasteiger charge is 2.56. The van der Waals surface area contributed by atoms with Crippen molar-refractivity contribution in [2.75, 3.05) is 19.6 Å². The molecule has 132 valence electrons. The lowest BCUT2D eigenvalue weighted by molar-refractivity contribution is 0.155. The molecule has 2 fully saturated rings. The molecular formula is C15H19N7O2S. The number of nitrogens with zero attached hydrogens (tertiary/aromatic N) is 7. The Morgan fingerprint density at radius 3 is 2.28 bits per heavy atom. The van der Waals surface area contributed by atoms with Crippen LogP contribution in [0.1, 0.15) is 18.4 Å². The molecule has 2 aliphatic rings. The molecule has 10 heteroatoms. The zero-order valence-electron chi connectivity index (χ0n) is 13.9. The van der Waals surface area contributed by atoms with E-state index >= 15 is 0 Å². The molecule has 1 aliphatic heterocycles. The Morgan fingerprint density at radius 2 is 1.80 bits per heavy atom. The van der Waals surface area contributed by atoms with E-state index < -0.39 is 15.4 Å². The van der Waals surface area contributed by atoms with Crippen molar-refractivity contribution in [3.05, 3.63) is 50.7 Å². The number of hydrogen-bond donors (Lipinski definition) is 0. The molecule has 2 atom stereocenters. The average molecular weight is 361 g/mol. The Balaban J connectivity index is 1.85. The molecule has 1 saturated carbocycles. The van der Waals surface area contributed by atoms with Gasteiger partial charge in [0.2, 0.25) is 10.0 Å². The lowest BCUT2D eigenvalue weighted by atomic mass is 9.77. The molecule has 0 radical (unpaired) electrons. The molecule has 9 nitrogen and oxygen atoms in total. The number of azide groups is 2. The van der Waals surface area contributed by atoms with Gasteiger partial charge in [0.05, 0.1) is 4.90 Å². The lowest BCUT2D eigenvalue weighted by Crippen LogP contribution is -2.46. The van der Waals surface area contributed by atoms with Crippen LogP contribution in [0.5, 0.6) is 0 Å². The number of benzene rings is 1. The Kier molecular flexibility index (Phi) is 4.62. The van der Waals surface area contributed by atoms with Crippen LogP contribution in [0.2, 0.25) is 0 Å². The third-order valence-electron chi connectivity index (χ3n) is 5.40. The molecule has 25 heavy (non-hydrogen) atoms. The summed E-state index contributed by atoms with van der Waals surface area (Å²) in [7, 11) is -3.55. The number of aryl methyl sites for hydroxylation is 1. The minimum Gasteiger partial charge on any atom is -0.207 e. The summed E-state index contributed by atoms with van der Waals surface area (Å²) in [5.41, 5.74) is 17.8. The normalized spacial score (nSPS) is 28.4. The smallest absolute Gasteiger partial charge is 0.207 e. The van der Waals surface area contributed by atoms with Crippen LogP contribution >= 0.6 is 0 Å². The van der Waals surface area contributed by atoms with Crippen molar-refractivity contribution in [2.45, 2.75) is 30.7 Å². The third-order valence-corrected chi connectivity index (χ3v) is 7.33. The summed E-state index contributed by atoms with van der Waals surface area (Å²) >= 11 is 0. The molecule has 0 spiro atoms. The fraction of sp³-hybridized carbons (Fsp3) is 0.600. The van der Waals surface area contributed by atoms with Crippen LogP contribution in [-0.4, -0.2) is 38.4 Å². The molecule has 0 N–H and O–H groups in total. The predicted octanol–water partition coefficient (Wildman–Crippen LogP) is 3.38. The van der Waals surface area contributed by atoms with Gasteiger partial charge in [-0.15, -0.1) is 0 Å². The van der Waals surface area contributed by atoms with E-state index in [0.29, 0.717) is 24.3 Å². The monoisotopic (exact) mass is 361 g/mol. The highest BCUT2D eigenvalue weighted by molar-refractivity contribution is 7.89. The second-order valence-electron chi connectivity index (χ2n) is 6.82. The van der Waals surface area contributed by atoms with Crippen LogP contribution in [0.15, 0.2) is 39.4 Å². The van der Waals surface area contributed by atoms with E-state index in [2.05, 4.69) is 20.1 Å². The van der Waals surface area contributed by atoms with Crippen molar-refractivity contribution in [3.8, 4) is 0 Å².